The molecule has 1 saturated heterocycles. The smallest absolute Gasteiger partial charge is 0.307 e. The van der Waals surface area contributed by atoms with E-state index >= 15 is 0 Å². The Labute approximate surface area is 120 Å². The molecule has 0 aromatic carbocycles. The van der Waals surface area contributed by atoms with E-state index in [2.05, 4.69) is 13.8 Å². The minimum atomic E-state index is -0.757. The van der Waals surface area contributed by atoms with E-state index < -0.39 is 11.9 Å². The van der Waals surface area contributed by atoms with Crippen molar-refractivity contribution >= 4 is 11.9 Å². The van der Waals surface area contributed by atoms with Crippen molar-refractivity contribution in [1.82, 2.24) is 4.90 Å². The van der Waals surface area contributed by atoms with Gasteiger partial charge >= 0.3 is 5.97 Å². The Bertz CT molecular complexity index is 412. The molecular weight excluding hydrogens is 254 g/mol. The lowest BCUT2D eigenvalue weighted by Gasteiger charge is -2.42. The van der Waals surface area contributed by atoms with Crippen molar-refractivity contribution in [3.05, 3.63) is 0 Å². The normalized spacial score (nSPS) is 43.8. The van der Waals surface area contributed by atoms with Crippen LogP contribution in [0.3, 0.4) is 0 Å². The molecule has 0 aromatic heterocycles. The summed E-state index contributed by atoms with van der Waals surface area (Å²) in [7, 11) is 0. The number of carbonyl (C=O) groups is 2. The van der Waals surface area contributed by atoms with Crippen molar-refractivity contribution in [2.75, 3.05) is 0 Å². The average Bonchev–Trinajstić information content (AvgIpc) is 2.98. The molecule has 2 aliphatic carbocycles. The largest absolute Gasteiger partial charge is 0.481 e. The lowest BCUT2D eigenvalue weighted by atomic mass is 9.77. The summed E-state index contributed by atoms with van der Waals surface area (Å²) in [6.45, 7) is 4.22. The molecular formula is C16H25NO3. The maximum Gasteiger partial charge on any atom is 0.307 e. The van der Waals surface area contributed by atoms with Gasteiger partial charge in [-0.15, -0.1) is 0 Å². The zero-order chi connectivity index (χ0) is 14.4. The van der Waals surface area contributed by atoms with Gasteiger partial charge in [0.15, 0.2) is 0 Å². The third kappa shape index (κ3) is 2.04. The zero-order valence-corrected chi connectivity index (χ0v) is 12.4. The third-order valence-corrected chi connectivity index (χ3v) is 5.93. The van der Waals surface area contributed by atoms with Crippen molar-refractivity contribution in [1.29, 1.82) is 0 Å². The number of aliphatic carboxylic acids is 1. The van der Waals surface area contributed by atoms with E-state index in [-0.39, 0.29) is 29.8 Å². The summed E-state index contributed by atoms with van der Waals surface area (Å²) in [5, 5.41) is 9.51. The molecule has 1 aliphatic heterocycles. The number of amides is 1. The Morgan fingerprint density at radius 1 is 0.950 bits per heavy atom. The topological polar surface area (TPSA) is 57.6 Å². The van der Waals surface area contributed by atoms with Crippen LogP contribution in [0.4, 0.5) is 0 Å². The SMILES string of the molecule is C[C@@H]1CCC[C@@H](C)N1C(=O)[C@@H]1[C@@H]2CC[C@@H](C2)[C@@H]1C(=O)O. The number of nitrogens with zero attached hydrogens (tertiary/aromatic N) is 1. The van der Waals surface area contributed by atoms with Crippen LogP contribution < -0.4 is 0 Å². The monoisotopic (exact) mass is 279 g/mol. The molecule has 1 heterocycles. The highest BCUT2D eigenvalue weighted by Crippen LogP contribution is 2.53. The summed E-state index contributed by atoms with van der Waals surface area (Å²) < 4.78 is 0. The van der Waals surface area contributed by atoms with Crippen LogP contribution >= 0.6 is 0 Å². The maximum absolute atomic E-state index is 13.0. The Balaban J connectivity index is 1.83. The van der Waals surface area contributed by atoms with Gasteiger partial charge in [-0.25, -0.2) is 0 Å². The van der Waals surface area contributed by atoms with E-state index in [9.17, 15) is 14.7 Å². The highest BCUT2D eigenvalue weighted by atomic mass is 16.4. The zero-order valence-electron chi connectivity index (χ0n) is 12.4. The second-order valence-corrected chi connectivity index (χ2v) is 7.10. The van der Waals surface area contributed by atoms with E-state index in [1.165, 1.54) is 6.42 Å². The van der Waals surface area contributed by atoms with Crippen LogP contribution in [0.15, 0.2) is 0 Å². The summed E-state index contributed by atoms with van der Waals surface area (Å²) in [6.07, 6.45) is 6.26. The number of piperidine rings is 1. The van der Waals surface area contributed by atoms with E-state index in [0.29, 0.717) is 5.92 Å². The van der Waals surface area contributed by atoms with Crippen molar-refractivity contribution < 1.29 is 14.7 Å². The molecule has 0 spiro atoms. The van der Waals surface area contributed by atoms with Crippen LogP contribution in [0, 0.1) is 23.7 Å². The lowest BCUT2D eigenvalue weighted by molar-refractivity contribution is -0.155. The number of likely N-dealkylation sites (tertiary alicyclic amines) is 1. The van der Waals surface area contributed by atoms with Gasteiger partial charge in [0.25, 0.3) is 0 Å². The molecule has 20 heavy (non-hydrogen) atoms. The molecule has 6 atom stereocenters. The Kier molecular flexibility index (Phi) is 3.51. The van der Waals surface area contributed by atoms with E-state index in [4.69, 9.17) is 0 Å². The first-order valence-electron chi connectivity index (χ1n) is 8.05. The van der Waals surface area contributed by atoms with Crippen LogP contribution in [-0.2, 0) is 9.59 Å². The third-order valence-electron chi connectivity index (χ3n) is 5.93. The van der Waals surface area contributed by atoms with E-state index in [1.54, 1.807) is 0 Å². The van der Waals surface area contributed by atoms with Crippen LogP contribution in [0.2, 0.25) is 0 Å². The number of fused-ring (bicyclic) bond motifs is 2. The number of carboxylic acids is 1. The van der Waals surface area contributed by atoms with Crippen molar-refractivity contribution in [2.24, 2.45) is 23.7 Å². The molecule has 2 saturated carbocycles. The molecule has 0 aromatic rings. The molecule has 4 nitrogen and oxygen atoms in total. The molecule has 0 unspecified atom stereocenters. The predicted octanol–water partition coefficient (Wildman–Crippen LogP) is 2.52. The molecule has 3 aliphatic rings. The highest BCUT2D eigenvalue weighted by molar-refractivity contribution is 5.86. The van der Waals surface area contributed by atoms with Crippen LogP contribution in [0.25, 0.3) is 0 Å². The Hall–Kier alpha value is -1.06. The summed E-state index contributed by atoms with van der Waals surface area (Å²) in [5.41, 5.74) is 0. The fraction of sp³-hybridized carbons (Fsp3) is 0.875. The fourth-order valence-electron chi connectivity index (χ4n) is 5.03. The van der Waals surface area contributed by atoms with Gasteiger partial charge in [-0.1, -0.05) is 0 Å². The minimum absolute atomic E-state index is 0.129. The van der Waals surface area contributed by atoms with Gasteiger partial charge < -0.3 is 10.0 Å². The summed E-state index contributed by atoms with van der Waals surface area (Å²) in [5.74, 6) is -0.759. The van der Waals surface area contributed by atoms with Gasteiger partial charge in [0, 0.05) is 12.1 Å². The van der Waals surface area contributed by atoms with Gasteiger partial charge in [-0.3, -0.25) is 9.59 Å². The second kappa shape index (κ2) is 5.05. The quantitative estimate of drug-likeness (QED) is 0.845. The Morgan fingerprint density at radius 3 is 2.05 bits per heavy atom. The van der Waals surface area contributed by atoms with Gasteiger partial charge in [0.05, 0.1) is 11.8 Å². The summed E-state index contributed by atoms with van der Waals surface area (Å²) in [4.78, 5) is 26.6. The second-order valence-electron chi connectivity index (χ2n) is 7.10. The van der Waals surface area contributed by atoms with E-state index in [1.807, 2.05) is 4.90 Å². The predicted molar refractivity (Wildman–Crippen MR) is 75.1 cm³/mol. The van der Waals surface area contributed by atoms with Gasteiger partial charge in [0.1, 0.15) is 0 Å². The lowest BCUT2D eigenvalue weighted by Crippen LogP contribution is -2.52. The number of carbonyl (C=O) groups excluding carboxylic acids is 1. The average molecular weight is 279 g/mol. The Morgan fingerprint density at radius 2 is 1.50 bits per heavy atom. The van der Waals surface area contributed by atoms with Crippen LogP contribution in [0.1, 0.15) is 52.4 Å². The summed E-state index contributed by atoms with van der Waals surface area (Å²) in [6, 6.07) is 0.527. The van der Waals surface area contributed by atoms with Crippen LogP contribution in [0.5, 0.6) is 0 Å². The first kappa shape index (κ1) is 13.9. The molecule has 1 amide bonds. The first-order valence-corrected chi connectivity index (χ1v) is 8.05. The van der Waals surface area contributed by atoms with Gasteiger partial charge in [-0.05, 0) is 64.2 Å². The van der Waals surface area contributed by atoms with Crippen LogP contribution in [-0.4, -0.2) is 34.0 Å². The number of hydrogen-bond acceptors (Lipinski definition) is 2. The molecule has 4 heteroatoms. The minimum Gasteiger partial charge on any atom is -0.481 e. The highest BCUT2D eigenvalue weighted by Gasteiger charge is 2.55. The van der Waals surface area contributed by atoms with Gasteiger partial charge in [0.2, 0.25) is 5.91 Å². The number of rotatable bonds is 2. The number of carboxylic acid groups (broad SMARTS) is 1. The molecule has 112 valence electrons. The fourth-order valence-corrected chi connectivity index (χ4v) is 5.03. The standard InChI is InChI=1S/C16H25NO3/c1-9-4-3-5-10(2)17(9)15(18)13-11-6-7-12(8-11)14(13)16(19)20/h9-14H,3-8H2,1-2H3,(H,19,20)/t9-,10-,11-,12+,13-,14+/m1/s1. The van der Waals surface area contributed by atoms with Crippen molar-refractivity contribution in [3.8, 4) is 0 Å². The number of hydrogen-bond donors (Lipinski definition) is 1. The van der Waals surface area contributed by atoms with E-state index in [0.717, 1.165) is 32.1 Å². The van der Waals surface area contributed by atoms with Gasteiger partial charge in [-0.2, -0.15) is 0 Å². The molecule has 3 rings (SSSR count). The molecule has 3 fully saturated rings. The first-order chi connectivity index (χ1) is 9.50. The van der Waals surface area contributed by atoms with Crippen molar-refractivity contribution in [3.63, 3.8) is 0 Å². The molecule has 2 bridgehead atoms. The van der Waals surface area contributed by atoms with Crippen molar-refractivity contribution in [2.45, 2.75) is 64.5 Å². The summed E-state index contributed by atoms with van der Waals surface area (Å²) >= 11 is 0. The molecule has 1 N–H and O–H groups in total. The molecule has 0 radical (unpaired) electrons. The maximum atomic E-state index is 13.0.